The Hall–Kier alpha value is -2.62. The molecule has 24 heavy (non-hydrogen) atoms. The number of hydrogen-bond acceptors (Lipinski definition) is 4. The second kappa shape index (κ2) is 6.87. The first-order valence-corrected chi connectivity index (χ1v) is 8.74. The summed E-state index contributed by atoms with van der Waals surface area (Å²) >= 11 is 0. The van der Waals surface area contributed by atoms with E-state index in [1.165, 1.54) is 32.1 Å². The molecule has 0 spiro atoms. The Morgan fingerprint density at radius 1 is 0.792 bits per heavy atom. The molecule has 0 atom stereocenters. The van der Waals surface area contributed by atoms with Crippen molar-refractivity contribution in [3.63, 3.8) is 0 Å². The summed E-state index contributed by atoms with van der Waals surface area (Å²) in [5, 5.41) is 8.06. The van der Waals surface area contributed by atoms with Crippen LogP contribution in [0.1, 0.15) is 32.1 Å². The average Bonchev–Trinajstić information content (AvgIpc) is 2.63. The number of aromatic nitrogens is 2. The summed E-state index contributed by atoms with van der Waals surface area (Å²) < 4.78 is 0. The van der Waals surface area contributed by atoms with Crippen molar-refractivity contribution in [2.45, 2.75) is 38.1 Å². The molecule has 2 N–H and O–H groups in total. The van der Waals surface area contributed by atoms with Crippen molar-refractivity contribution in [3.05, 3.63) is 54.6 Å². The zero-order chi connectivity index (χ0) is 16.2. The van der Waals surface area contributed by atoms with Gasteiger partial charge in [0, 0.05) is 17.1 Å². The third-order valence-corrected chi connectivity index (χ3v) is 4.58. The zero-order valence-corrected chi connectivity index (χ0v) is 13.7. The Kier molecular flexibility index (Phi) is 4.28. The molecule has 1 aliphatic rings. The summed E-state index contributed by atoms with van der Waals surface area (Å²) in [6, 6.07) is 18.8. The maximum Gasteiger partial charge on any atom is 0.229 e. The predicted octanol–water partition coefficient (Wildman–Crippen LogP) is 5.12. The number of fused-ring (bicyclic) bond motifs is 1. The molecular weight excluding hydrogens is 296 g/mol. The number of rotatable bonds is 4. The standard InChI is InChI=1S/C20H22N4/c1-3-9-15(10-4-1)21-19-17-13-7-8-14-18(17)23-20(24-19)22-16-11-5-2-6-12-16/h2,5-8,11-15H,1,3-4,9-10H2,(H2,21,22,23,24). The smallest absolute Gasteiger partial charge is 0.229 e. The molecule has 4 nitrogen and oxygen atoms in total. The zero-order valence-electron chi connectivity index (χ0n) is 13.7. The van der Waals surface area contributed by atoms with Crippen LogP contribution in [0.25, 0.3) is 10.9 Å². The first-order valence-electron chi connectivity index (χ1n) is 8.74. The molecule has 122 valence electrons. The molecule has 0 aliphatic heterocycles. The normalized spacial score (nSPS) is 15.3. The number of benzene rings is 2. The summed E-state index contributed by atoms with van der Waals surface area (Å²) in [5.74, 6) is 1.57. The van der Waals surface area contributed by atoms with Crippen LogP contribution >= 0.6 is 0 Å². The highest BCUT2D eigenvalue weighted by Gasteiger charge is 2.16. The maximum atomic E-state index is 4.76. The molecule has 1 aromatic heterocycles. The minimum atomic E-state index is 0.515. The van der Waals surface area contributed by atoms with Gasteiger partial charge < -0.3 is 10.6 Å². The number of nitrogens with one attached hydrogen (secondary N) is 2. The monoisotopic (exact) mass is 318 g/mol. The lowest BCUT2D eigenvalue weighted by atomic mass is 9.95. The van der Waals surface area contributed by atoms with Gasteiger partial charge in [0.1, 0.15) is 5.82 Å². The van der Waals surface area contributed by atoms with Gasteiger partial charge in [0.2, 0.25) is 5.95 Å². The highest BCUT2D eigenvalue weighted by molar-refractivity contribution is 5.90. The Balaban J connectivity index is 1.67. The summed E-state index contributed by atoms with van der Waals surface area (Å²) in [7, 11) is 0. The molecule has 1 fully saturated rings. The highest BCUT2D eigenvalue weighted by atomic mass is 15.1. The van der Waals surface area contributed by atoms with E-state index in [4.69, 9.17) is 4.98 Å². The van der Waals surface area contributed by atoms with Gasteiger partial charge >= 0.3 is 0 Å². The van der Waals surface area contributed by atoms with Crippen molar-refractivity contribution in [3.8, 4) is 0 Å². The quantitative estimate of drug-likeness (QED) is 0.701. The molecule has 1 saturated carbocycles. The summed E-state index contributed by atoms with van der Waals surface area (Å²) in [5.41, 5.74) is 1.96. The van der Waals surface area contributed by atoms with E-state index >= 15 is 0 Å². The summed E-state index contributed by atoms with van der Waals surface area (Å²) in [6.45, 7) is 0. The molecular formula is C20H22N4. The third kappa shape index (κ3) is 3.32. The fraction of sp³-hybridized carbons (Fsp3) is 0.300. The van der Waals surface area contributed by atoms with E-state index in [2.05, 4.69) is 21.7 Å². The largest absolute Gasteiger partial charge is 0.367 e. The van der Waals surface area contributed by atoms with Crippen molar-refractivity contribution in [2.75, 3.05) is 10.6 Å². The topological polar surface area (TPSA) is 49.8 Å². The van der Waals surface area contributed by atoms with Crippen LogP contribution in [-0.4, -0.2) is 16.0 Å². The Morgan fingerprint density at radius 2 is 1.54 bits per heavy atom. The van der Waals surface area contributed by atoms with Gasteiger partial charge in [-0.15, -0.1) is 0 Å². The molecule has 3 aromatic rings. The minimum absolute atomic E-state index is 0.515. The van der Waals surface area contributed by atoms with Gasteiger partial charge in [-0.1, -0.05) is 49.6 Å². The van der Waals surface area contributed by atoms with Crippen molar-refractivity contribution >= 4 is 28.4 Å². The van der Waals surface area contributed by atoms with Crippen LogP contribution in [0.5, 0.6) is 0 Å². The SMILES string of the molecule is c1ccc(Nc2nc(NC3CCCCC3)c3ccccc3n2)cc1. The van der Waals surface area contributed by atoms with E-state index in [9.17, 15) is 0 Å². The van der Waals surface area contributed by atoms with Crippen LogP contribution in [0.15, 0.2) is 54.6 Å². The van der Waals surface area contributed by atoms with Gasteiger partial charge in [-0.25, -0.2) is 4.98 Å². The van der Waals surface area contributed by atoms with E-state index in [0.717, 1.165) is 22.4 Å². The van der Waals surface area contributed by atoms with Crippen LogP contribution in [0, 0.1) is 0 Å². The van der Waals surface area contributed by atoms with Gasteiger partial charge in [-0.2, -0.15) is 4.98 Å². The number of nitrogens with zero attached hydrogens (tertiary/aromatic N) is 2. The Labute approximate surface area is 142 Å². The lowest BCUT2D eigenvalue weighted by molar-refractivity contribution is 0.462. The van der Waals surface area contributed by atoms with Gasteiger partial charge in [0.25, 0.3) is 0 Å². The molecule has 1 aliphatic carbocycles. The van der Waals surface area contributed by atoms with Crippen LogP contribution in [0.2, 0.25) is 0 Å². The van der Waals surface area contributed by atoms with E-state index in [1.807, 2.05) is 48.5 Å². The molecule has 0 unspecified atom stereocenters. The van der Waals surface area contributed by atoms with E-state index in [-0.39, 0.29) is 0 Å². The fourth-order valence-corrected chi connectivity index (χ4v) is 3.33. The molecule has 0 radical (unpaired) electrons. The van der Waals surface area contributed by atoms with Crippen molar-refractivity contribution < 1.29 is 0 Å². The van der Waals surface area contributed by atoms with Gasteiger partial charge in [-0.3, -0.25) is 0 Å². The Morgan fingerprint density at radius 3 is 2.38 bits per heavy atom. The van der Waals surface area contributed by atoms with Crippen LogP contribution in [-0.2, 0) is 0 Å². The molecule has 2 aromatic carbocycles. The summed E-state index contributed by atoms with van der Waals surface area (Å²) in [6.07, 6.45) is 6.40. The Bertz CT molecular complexity index is 810. The van der Waals surface area contributed by atoms with E-state index < -0.39 is 0 Å². The number of para-hydroxylation sites is 2. The number of hydrogen-bond donors (Lipinski definition) is 2. The first-order chi connectivity index (χ1) is 11.9. The van der Waals surface area contributed by atoms with Crippen molar-refractivity contribution in [1.82, 2.24) is 9.97 Å². The average molecular weight is 318 g/mol. The fourth-order valence-electron chi connectivity index (χ4n) is 3.33. The lowest BCUT2D eigenvalue weighted by Crippen LogP contribution is -2.23. The first kappa shape index (κ1) is 14.9. The van der Waals surface area contributed by atoms with E-state index in [0.29, 0.717) is 12.0 Å². The second-order valence-electron chi connectivity index (χ2n) is 6.38. The highest BCUT2D eigenvalue weighted by Crippen LogP contribution is 2.27. The number of anilines is 3. The molecule has 0 bridgehead atoms. The van der Waals surface area contributed by atoms with Crippen LogP contribution in [0.4, 0.5) is 17.5 Å². The third-order valence-electron chi connectivity index (χ3n) is 4.58. The molecule has 4 heteroatoms. The summed E-state index contributed by atoms with van der Waals surface area (Å²) in [4.78, 5) is 9.42. The molecule has 1 heterocycles. The van der Waals surface area contributed by atoms with Crippen molar-refractivity contribution in [2.24, 2.45) is 0 Å². The lowest BCUT2D eigenvalue weighted by Gasteiger charge is -2.24. The maximum absolute atomic E-state index is 4.76. The molecule has 0 saturated heterocycles. The van der Waals surface area contributed by atoms with Crippen molar-refractivity contribution in [1.29, 1.82) is 0 Å². The predicted molar refractivity (Wildman–Crippen MR) is 99.8 cm³/mol. The molecule has 0 amide bonds. The van der Waals surface area contributed by atoms with Gasteiger partial charge in [0.05, 0.1) is 5.52 Å². The van der Waals surface area contributed by atoms with E-state index in [1.54, 1.807) is 0 Å². The molecule has 4 rings (SSSR count). The van der Waals surface area contributed by atoms with Crippen LogP contribution < -0.4 is 10.6 Å². The minimum Gasteiger partial charge on any atom is -0.367 e. The second-order valence-corrected chi connectivity index (χ2v) is 6.38. The van der Waals surface area contributed by atoms with Gasteiger partial charge in [-0.05, 0) is 37.1 Å². The van der Waals surface area contributed by atoms with Gasteiger partial charge in [0.15, 0.2) is 0 Å². The van der Waals surface area contributed by atoms with Crippen LogP contribution in [0.3, 0.4) is 0 Å².